The monoisotopic (exact) mass is 405 g/mol. The van der Waals surface area contributed by atoms with Gasteiger partial charge in [0, 0.05) is 46.9 Å². The molecule has 0 bridgehead atoms. The van der Waals surface area contributed by atoms with Crippen LogP contribution in [0, 0.1) is 10.8 Å². The highest BCUT2D eigenvalue weighted by Gasteiger charge is 2.46. The van der Waals surface area contributed by atoms with Crippen molar-refractivity contribution in [1.82, 2.24) is 5.32 Å². The van der Waals surface area contributed by atoms with Gasteiger partial charge in [-0.3, -0.25) is 9.59 Å². The molecule has 2 aliphatic carbocycles. The average Bonchev–Trinajstić information content (AvgIpc) is 2.63. The molecule has 1 aliphatic heterocycles. The maximum Gasteiger partial charge on any atom is 0.162 e. The van der Waals surface area contributed by atoms with E-state index in [4.69, 9.17) is 4.74 Å². The molecule has 0 saturated heterocycles. The van der Waals surface area contributed by atoms with Gasteiger partial charge in [0.15, 0.2) is 11.6 Å². The van der Waals surface area contributed by atoms with E-state index >= 15 is 0 Å². The van der Waals surface area contributed by atoms with Crippen molar-refractivity contribution in [2.75, 3.05) is 6.61 Å². The van der Waals surface area contributed by atoms with Gasteiger partial charge in [-0.2, -0.15) is 0 Å². The van der Waals surface area contributed by atoms with Gasteiger partial charge in [0.05, 0.1) is 0 Å². The van der Waals surface area contributed by atoms with E-state index in [1.54, 1.807) is 6.08 Å². The van der Waals surface area contributed by atoms with E-state index in [1.165, 1.54) is 0 Å². The normalized spacial score (nSPS) is 22.9. The number of ketones is 2. The number of allylic oxidation sites excluding steroid dienone is 4. The second-order valence-corrected chi connectivity index (χ2v) is 10.4. The molecule has 4 rings (SSSR count). The van der Waals surface area contributed by atoms with E-state index in [9.17, 15) is 9.59 Å². The first kappa shape index (κ1) is 20.6. The minimum absolute atomic E-state index is 0.0986. The molecule has 4 heteroatoms. The van der Waals surface area contributed by atoms with E-state index in [0.717, 1.165) is 40.9 Å². The Morgan fingerprint density at radius 3 is 2.03 bits per heavy atom. The Bertz CT molecular complexity index is 941. The summed E-state index contributed by atoms with van der Waals surface area (Å²) in [6.45, 7) is 12.6. The van der Waals surface area contributed by atoms with Crippen molar-refractivity contribution in [2.45, 2.75) is 59.3 Å². The summed E-state index contributed by atoms with van der Waals surface area (Å²) in [5.41, 5.74) is 4.14. The maximum absolute atomic E-state index is 13.4. The van der Waals surface area contributed by atoms with E-state index in [1.807, 2.05) is 24.3 Å². The Labute approximate surface area is 179 Å². The lowest BCUT2D eigenvalue weighted by molar-refractivity contribution is -0.119. The molecule has 0 atom stereocenters. The van der Waals surface area contributed by atoms with Crippen molar-refractivity contribution in [1.29, 1.82) is 0 Å². The fourth-order valence-electron chi connectivity index (χ4n) is 5.20. The summed E-state index contributed by atoms with van der Waals surface area (Å²) in [7, 11) is 0. The van der Waals surface area contributed by atoms with Crippen LogP contribution in [-0.2, 0) is 9.59 Å². The molecule has 3 aliphatic rings. The van der Waals surface area contributed by atoms with E-state index in [2.05, 4.69) is 39.6 Å². The first-order valence-electron chi connectivity index (χ1n) is 10.7. The minimum Gasteiger partial charge on any atom is -0.489 e. The number of Topliss-reactive ketones (excluding diaryl/α,β-unsaturated/α-hetero) is 2. The molecule has 0 saturated carbocycles. The van der Waals surface area contributed by atoms with Crippen LogP contribution < -0.4 is 10.1 Å². The highest BCUT2D eigenvalue weighted by atomic mass is 16.5. The van der Waals surface area contributed by atoms with Gasteiger partial charge in [0.25, 0.3) is 0 Å². The molecule has 0 amide bonds. The van der Waals surface area contributed by atoms with Crippen LogP contribution in [0.25, 0.3) is 0 Å². The summed E-state index contributed by atoms with van der Waals surface area (Å²) in [5, 5.41) is 3.55. The van der Waals surface area contributed by atoms with Crippen molar-refractivity contribution >= 4 is 11.6 Å². The zero-order valence-electron chi connectivity index (χ0n) is 18.4. The summed E-state index contributed by atoms with van der Waals surface area (Å²) in [6, 6.07) is 7.78. The maximum atomic E-state index is 13.4. The molecule has 30 heavy (non-hydrogen) atoms. The fourth-order valence-corrected chi connectivity index (χ4v) is 5.20. The van der Waals surface area contributed by atoms with E-state index in [-0.39, 0.29) is 28.3 Å². The molecular formula is C26H31NO3. The number of hydrogen-bond donors (Lipinski definition) is 1. The number of carbonyl (C=O) groups is 2. The summed E-state index contributed by atoms with van der Waals surface area (Å²) < 4.78 is 5.95. The molecule has 0 spiro atoms. The molecule has 0 aromatic heterocycles. The first-order chi connectivity index (χ1) is 14.1. The van der Waals surface area contributed by atoms with Crippen LogP contribution in [0.3, 0.4) is 0 Å². The number of benzene rings is 1. The Morgan fingerprint density at radius 1 is 0.967 bits per heavy atom. The van der Waals surface area contributed by atoms with Gasteiger partial charge in [-0.25, -0.2) is 0 Å². The predicted molar refractivity (Wildman–Crippen MR) is 118 cm³/mol. The number of carbonyl (C=O) groups excluding carboxylic acids is 2. The molecule has 0 unspecified atom stereocenters. The predicted octanol–water partition coefficient (Wildman–Crippen LogP) is 5.22. The van der Waals surface area contributed by atoms with Crippen molar-refractivity contribution in [2.24, 2.45) is 10.8 Å². The molecular weight excluding hydrogens is 374 g/mol. The standard InChI is InChI=1S/C26H31NO3/c1-6-11-30-21-10-8-7-9-16(21)22-23-17(12-25(2,3)14-19(23)28)27-18-13-26(4,5)15-20(29)24(18)22/h6-10,22,27H,1,11-15H2,2-5H3. The summed E-state index contributed by atoms with van der Waals surface area (Å²) in [6.07, 6.45) is 4.28. The Balaban J connectivity index is 1.92. The number of dihydropyridines is 1. The number of rotatable bonds is 4. The van der Waals surface area contributed by atoms with Gasteiger partial charge in [0.1, 0.15) is 12.4 Å². The number of ether oxygens (including phenoxy) is 1. The second kappa shape index (κ2) is 7.26. The smallest absolute Gasteiger partial charge is 0.162 e. The van der Waals surface area contributed by atoms with Crippen LogP contribution in [0.2, 0.25) is 0 Å². The zero-order chi connectivity index (χ0) is 21.7. The lowest BCUT2D eigenvalue weighted by atomic mass is 9.64. The van der Waals surface area contributed by atoms with Crippen LogP contribution in [-0.4, -0.2) is 18.2 Å². The Hall–Kier alpha value is -2.62. The van der Waals surface area contributed by atoms with E-state index < -0.39 is 0 Å². The summed E-state index contributed by atoms with van der Waals surface area (Å²) in [5.74, 6) is 0.589. The van der Waals surface area contributed by atoms with Crippen molar-refractivity contribution in [3.05, 3.63) is 65.0 Å². The molecule has 1 N–H and O–H groups in total. The summed E-state index contributed by atoms with van der Waals surface area (Å²) in [4.78, 5) is 26.7. The third kappa shape index (κ3) is 3.64. The third-order valence-corrected chi connectivity index (χ3v) is 6.31. The van der Waals surface area contributed by atoms with Crippen molar-refractivity contribution < 1.29 is 14.3 Å². The van der Waals surface area contributed by atoms with Gasteiger partial charge >= 0.3 is 0 Å². The molecule has 1 heterocycles. The average molecular weight is 406 g/mol. The number of hydrogen-bond acceptors (Lipinski definition) is 4. The van der Waals surface area contributed by atoms with Gasteiger partial charge in [-0.05, 0) is 29.7 Å². The fraction of sp³-hybridized carbons (Fsp3) is 0.462. The quantitative estimate of drug-likeness (QED) is 0.698. The van der Waals surface area contributed by atoms with Gasteiger partial charge in [-0.1, -0.05) is 58.5 Å². The van der Waals surface area contributed by atoms with E-state index in [0.29, 0.717) is 25.2 Å². The van der Waals surface area contributed by atoms with Crippen LogP contribution in [0.15, 0.2) is 59.5 Å². The van der Waals surface area contributed by atoms with Crippen LogP contribution >= 0.6 is 0 Å². The number of nitrogens with one attached hydrogen (secondary N) is 1. The molecule has 4 nitrogen and oxygen atoms in total. The molecule has 1 aromatic carbocycles. The van der Waals surface area contributed by atoms with Crippen LogP contribution in [0.1, 0.15) is 64.9 Å². The third-order valence-electron chi connectivity index (χ3n) is 6.31. The molecule has 1 aromatic rings. The second-order valence-electron chi connectivity index (χ2n) is 10.4. The van der Waals surface area contributed by atoms with Gasteiger partial charge in [-0.15, -0.1) is 0 Å². The minimum atomic E-state index is -0.371. The van der Waals surface area contributed by atoms with Crippen LogP contribution in [0.5, 0.6) is 5.75 Å². The number of para-hydroxylation sites is 1. The highest BCUT2D eigenvalue weighted by molar-refractivity contribution is 6.07. The first-order valence-corrected chi connectivity index (χ1v) is 10.7. The zero-order valence-corrected chi connectivity index (χ0v) is 18.4. The molecule has 0 fully saturated rings. The van der Waals surface area contributed by atoms with Crippen LogP contribution in [0.4, 0.5) is 0 Å². The summed E-state index contributed by atoms with van der Waals surface area (Å²) >= 11 is 0. The van der Waals surface area contributed by atoms with Gasteiger partial charge < -0.3 is 10.1 Å². The lowest BCUT2D eigenvalue weighted by Crippen LogP contribution is -2.42. The van der Waals surface area contributed by atoms with Gasteiger partial charge in [0.2, 0.25) is 0 Å². The topological polar surface area (TPSA) is 55.4 Å². The lowest BCUT2D eigenvalue weighted by Gasteiger charge is -2.44. The Morgan fingerprint density at radius 2 is 1.50 bits per heavy atom. The molecule has 0 radical (unpaired) electrons. The largest absolute Gasteiger partial charge is 0.489 e. The SMILES string of the molecule is C=CCOc1ccccc1C1C2=C(CC(C)(C)CC2=O)NC2=C1C(=O)CC(C)(C)C2. The van der Waals surface area contributed by atoms with Crippen molar-refractivity contribution in [3.8, 4) is 5.75 Å². The Kier molecular flexibility index (Phi) is 5.00. The highest BCUT2D eigenvalue weighted by Crippen LogP contribution is 2.52. The van der Waals surface area contributed by atoms with Crippen molar-refractivity contribution in [3.63, 3.8) is 0 Å². The molecule has 158 valence electrons.